The van der Waals surface area contributed by atoms with Gasteiger partial charge in [0, 0.05) is 12.1 Å². The standard InChI is InChI=1S/C16H15ClN2O4S/c1-10(11-5-3-2-4-6-11)19-24(21,22)15-8-14-13(7-12(15)17)18-16(20)9-23-14/h2-8,10,19H,9H2,1H3,(H,18,20)/t10-/m0/s1. The van der Waals surface area contributed by atoms with Crippen molar-refractivity contribution in [3.63, 3.8) is 0 Å². The Balaban J connectivity index is 1.91. The van der Waals surface area contributed by atoms with Crippen LogP contribution in [-0.2, 0) is 14.8 Å². The van der Waals surface area contributed by atoms with Gasteiger partial charge in [-0.25, -0.2) is 13.1 Å². The largest absolute Gasteiger partial charge is 0.482 e. The van der Waals surface area contributed by atoms with E-state index in [9.17, 15) is 13.2 Å². The lowest BCUT2D eigenvalue weighted by Gasteiger charge is -2.20. The number of hydrogen-bond donors (Lipinski definition) is 2. The van der Waals surface area contributed by atoms with Gasteiger partial charge < -0.3 is 10.1 Å². The van der Waals surface area contributed by atoms with Crippen molar-refractivity contribution in [2.24, 2.45) is 0 Å². The maximum Gasteiger partial charge on any atom is 0.262 e. The van der Waals surface area contributed by atoms with Gasteiger partial charge >= 0.3 is 0 Å². The number of rotatable bonds is 4. The van der Waals surface area contributed by atoms with Crippen molar-refractivity contribution >= 4 is 33.2 Å². The number of hydrogen-bond acceptors (Lipinski definition) is 4. The fraction of sp³-hybridized carbons (Fsp3) is 0.188. The highest BCUT2D eigenvalue weighted by Crippen LogP contribution is 2.36. The molecule has 126 valence electrons. The van der Waals surface area contributed by atoms with Crippen molar-refractivity contribution in [3.05, 3.63) is 53.1 Å². The normalized spacial score (nSPS) is 15.2. The molecule has 0 saturated carbocycles. The van der Waals surface area contributed by atoms with Crippen molar-refractivity contribution < 1.29 is 17.9 Å². The zero-order valence-corrected chi connectivity index (χ0v) is 14.3. The lowest BCUT2D eigenvalue weighted by Crippen LogP contribution is -2.28. The van der Waals surface area contributed by atoms with Crippen LogP contribution in [0.15, 0.2) is 47.4 Å². The molecular formula is C16H15ClN2O4S. The van der Waals surface area contributed by atoms with Crippen LogP contribution in [0.1, 0.15) is 18.5 Å². The number of benzene rings is 2. The number of ether oxygens (including phenoxy) is 1. The highest BCUT2D eigenvalue weighted by Gasteiger charge is 2.25. The van der Waals surface area contributed by atoms with Crippen molar-refractivity contribution in [1.29, 1.82) is 0 Å². The van der Waals surface area contributed by atoms with Crippen LogP contribution in [0.2, 0.25) is 5.02 Å². The molecule has 6 nitrogen and oxygen atoms in total. The molecule has 2 aromatic rings. The number of nitrogens with one attached hydrogen (secondary N) is 2. The molecule has 0 aliphatic carbocycles. The molecule has 24 heavy (non-hydrogen) atoms. The van der Waals surface area contributed by atoms with Gasteiger partial charge in [-0.1, -0.05) is 41.9 Å². The summed E-state index contributed by atoms with van der Waals surface area (Å²) < 4.78 is 33.1. The third-order valence-electron chi connectivity index (χ3n) is 3.59. The van der Waals surface area contributed by atoms with E-state index >= 15 is 0 Å². The molecular weight excluding hydrogens is 352 g/mol. The minimum absolute atomic E-state index is 0.00677. The molecule has 0 bridgehead atoms. The molecule has 0 saturated heterocycles. The van der Waals surface area contributed by atoms with Gasteiger partial charge in [-0.2, -0.15) is 0 Å². The van der Waals surface area contributed by atoms with Gasteiger partial charge in [-0.05, 0) is 18.6 Å². The third kappa shape index (κ3) is 3.38. The Bertz CT molecular complexity index is 884. The highest BCUT2D eigenvalue weighted by atomic mass is 35.5. The van der Waals surface area contributed by atoms with Crippen LogP contribution in [0.3, 0.4) is 0 Å². The predicted molar refractivity (Wildman–Crippen MR) is 90.8 cm³/mol. The molecule has 8 heteroatoms. The molecule has 0 aromatic heterocycles. The second kappa shape index (κ2) is 6.43. The van der Waals surface area contributed by atoms with Crippen LogP contribution in [0.5, 0.6) is 5.75 Å². The van der Waals surface area contributed by atoms with Crippen molar-refractivity contribution in [2.45, 2.75) is 17.9 Å². The van der Waals surface area contributed by atoms with Gasteiger partial charge in [0.1, 0.15) is 10.6 Å². The van der Waals surface area contributed by atoms with Crippen LogP contribution < -0.4 is 14.8 Å². The number of carbonyl (C=O) groups is 1. The highest BCUT2D eigenvalue weighted by molar-refractivity contribution is 7.89. The van der Waals surface area contributed by atoms with Gasteiger partial charge in [0.25, 0.3) is 5.91 Å². The van der Waals surface area contributed by atoms with Gasteiger partial charge in [-0.3, -0.25) is 4.79 Å². The summed E-state index contributed by atoms with van der Waals surface area (Å²) in [6.45, 7) is 1.58. The summed E-state index contributed by atoms with van der Waals surface area (Å²) in [5, 5.41) is 2.59. The first-order chi connectivity index (χ1) is 11.4. The molecule has 2 aromatic carbocycles. The molecule has 3 rings (SSSR count). The number of amides is 1. The van der Waals surface area contributed by atoms with E-state index < -0.39 is 16.1 Å². The van der Waals surface area contributed by atoms with Gasteiger partial charge in [0.15, 0.2) is 6.61 Å². The second-order valence-corrected chi connectivity index (χ2v) is 7.46. The zero-order valence-electron chi connectivity index (χ0n) is 12.7. The first-order valence-electron chi connectivity index (χ1n) is 7.20. The lowest BCUT2D eigenvalue weighted by atomic mass is 10.1. The van der Waals surface area contributed by atoms with Crippen LogP contribution in [0.25, 0.3) is 0 Å². The van der Waals surface area contributed by atoms with Crippen molar-refractivity contribution in [2.75, 3.05) is 11.9 Å². The molecule has 1 amide bonds. The number of sulfonamides is 1. The fourth-order valence-electron chi connectivity index (χ4n) is 2.39. The average molecular weight is 367 g/mol. The summed E-state index contributed by atoms with van der Waals surface area (Å²) in [7, 11) is -3.86. The Kier molecular flexibility index (Phi) is 4.49. The molecule has 1 atom stereocenters. The Labute approximate surface area is 144 Å². The Morgan fingerprint density at radius 1 is 1.25 bits per heavy atom. The summed E-state index contributed by atoms with van der Waals surface area (Å²) in [5.74, 6) is -0.0447. The van der Waals surface area contributed by atoms with E-state index in [2.05, 4.69) is 10.0 Å². The molecule has 0 spiro atoms. The van der Waals surface area contributed by atoms with Crippen molar-refractivity contribution in [1.82, 2.24) is 4.72 Å². The smallest absolute Gasteiger partial charge is 0.262 e. The quantitative estimate of drug-likeness (QED) is 0.871. The summed E-state index contributed by atoms with van der Waals surface area (Å²) in [5.41, 5.74) is 1.19. The topological polar surface area (TPSA) is 84.5 Å². The number of anilines is 1. The molecule has 0 fully saturated rings. The van der Waals surface area contributed by atoms with Crippen LogP contribution in [0.4, 0.5) is 5.69 Å². The van der Waals surface area contributed by atoms with Crippen molar-refractivity contribution in [3.8, 4) is 5.75 Å². The first kappa shape index (κ1) is 16.8. The molecule has 0 unspecified atom stereocenters. The summed E-state index contributed by atoms with van der Waals surface area (Å²) in [4.78, 5) is 11.2. The molecule has 1 aliphatic heterocycles. The van der Waals surface area contributed by atoms with E-state index in [4.69, 9.17) is 16.3 Å². The van der Waals surface area contributed by atoms with Gasteiger partial charge in [-0.15, -0.1) is 0 Å². The minimum atomic E-state index is -3.86. The summed E-state index contributed by atoms with van der Waals surface area (Å²) in [6, 6.07) is 11.5. The molecule has 1 heterocycles. The first-order valence-corrected chi connectivity index (χ1v) is 9.06. The maximum atomic E-state index is 12.6. The van der Waals surface area contributed by atoms with Crippen LogP contribution in [-0.4, -0.2) is 20.9 Å². The molecule has 2 N–H and O–H groups in total. The predicted octanol–water partition coefficient (Wildman–Crippen LogP) is 2.71. The average Bonchev–Trinajstić information content (AvgIpc) is 2.54. The minimum Gasteiger partial charge on any atom is -0.482 e. The van der Waals surface area contributed by atoms with Gasteiger partial charge in [0.05, 0.1) is 10.7 Å². The van der Waals surface area contributed by atoms with Gasteiger partial charge in [0.2, 0.25) is 10.0 Å². The summed E-state index contributed by atoms with van der Waals surface area (Å²) >= 11 is 6.10. The number of carbonyl (C=O) groups excluding carboxylic acids is 1. The van der Waals surface area contributed by atoms with E-state index in [1.807, 2.05) is 30.3 Å². The van der Waals surface area contributed by atoms with E-state index in [0.717, 1.165) is 5.56 Å². The number of fused-ring (bicyclic) bond motifs is 1. The third-order valence-corrected chi connectivity index (χ3v) is 5.59. The Morgan fingerprint density at radius 2 is 1.96 bits per heavy atom. The van der Waals surface area contributed by atoms with E-state index in [1.54, 1.807) is 6.92 Å². The Morgan fingerprint density at radius 3 is 2.67 bits per heavy atom. The van der Waals surface area contributed by atoms with E-state index in [0.29, 0.717) is 5.69 Å². The second-order valence-electron chi connectivity index (χ2n) is 5.37. The Hall–Kier alpha value is -2.09. The fourth-order valence-corrected chi connectivity index (χ4v) is 4.17. The monoisotopic (exact) mass is 366 g/mol. The molecule has 0 radical (unpaired) electrons. The maximum absolute atomic E-state index is 12.6. The SMILES string of the molecule is C[C@H](NS(=O)(=O)c1cc2c(cc1Cl)NC(=O)CO2)c1ccccc1. The number of halogens is 1. The van der Waals surface area contributed by atoms with Crippen LogP contribution in [0, 0.1) is 0 Å². The zero-order chi connectivity index (χ0) is 17.3. The van der Waals surface area contributed by atoms with Crippen LogP contribution >= 0.6 is 11.6 Å². The van der Waals surface area contributed by atoms with E-state index in [-0.39, 0.29) is 28.2 Å². The van der Waals surface area contributed by atoms with E-state index in [1.165, 1.54) is 12.1 Å². The lowest BCUT2D eigenvalue weighted by molar-refractivity contribution is -0.118. The summed E-state index contributed by atoms with van der Waals surface area (Å²) in [6.07, 6.45) is 0. The molecule has 1 aliphatic rings.